The Hall–Kier alpha value is -1.29. The first kappa shape index (κ1) is 11.2. The molecule has 1 aliphatic heterocycles. The first-order chi connectivity index (χ1) is 7.68. The van der Waals surface area contributed by atoms with E-state index < -0.39 is 5.97 Å². The Kier molecular flexibility index (Phi) is 3.29. The van der Waals surface area contributed by atoms with Gasteiger partial charge in [0.05, 0.1) is 5.56 Å². The molecule has 0 radical (unpaired) electrons. The molecule has 16 heavy (non-hydrogen) atoms. The molecule has 1 aromatic carbocycles. The van der Waals surface area contributed by atoms with Gasteiger partial charge in [-0.2, -0.15) is 11.8 Å². The summed E-state index contributed by atoms with van der Waals surface area (Å²) in [5, 5.41) is 8.84. The van der Waals surface area contributed by atoms with Crippen molar-refractivity contribution in [1.29, 1.82) is 0 Å². The molecule has 0 aromatic heterocycles. The van der Waals surface area contributed by atoms with Crippen LogP contribution in [0.1, 0.15) is 27.1 Å². The van der Waals surface area contributed by atoms with Gasteiger partial charge in [0.15, 0.2) is 5.78 Å². The molecule has 4 heteroatoms. The zero-order chi connectivity index (χ0) is 11.5. The van der Waals surface area contributed by atoms with E-state index >= 15 is 0 Å². The second-order valence-corrected chi connectivity index (χ2v) is 4.96. The summed E-state index contributed by atoms with van der Waals surface area (Å²) in [7, 11) is 0. The van der Waals surface area contributed by atoms with Crippen LogP contribution in [0.15, 0.2) is 24.3 Å². The number of aromatic carboxylic acids is 1. The first-order valence-electron chi connectivity index (χ1n) is 5.14. The summed E-state index contributed by atoms with van der Waals surface area (Å²) >= 11 is 1.78. The van der Waals surface area contributed by atoms with Gasteiger partial charge >= 0.3 is 5.97 Å². The van der Waals surface area contributed by atoms with Crippen LogP contribution in [0.2, 0.25) is 0 Å². The minimum Gasteiger partial charge on any atom is -0.478 e. The lowest BCUT2D eigenvalue weighted by Gasteiger charge is -2.07. The van der Waals surface area contributed by atoms with Crippen LogP contribution in [0.25, 0.3) is 0 Å². The van der Waals surface area contributed by atoms with Crippen molar-refractivity contribution < 1.29 is 14.7 Å². The number of hydrogen-bond donors (Lipinski definition) is 1. The van der Waals surface area contributed by atoms with Crippen molar-refractivity contribution in [3.05, 3.63) is 35.4 Å². The number of carboxylic acids is 1. The number of benzene rings is 1. The highest BCUT2D eigenvalue weighted by atomic mass is 32.2. The monoisotopic (exact) mass is 236 g/mol. The highest BCUT2D eigenvalue weighted by molar-refractivity contribution is 7.99. The van der Waals surface area contributed by atoms with Crippen molar-refractivity contribution in [2.75, 3.05) is 11.5 Å². The van der Waals surface area contributed by atoms with Crippen LogP contribution in [-0.2, 0) is 0 Å². The molecule has 1 N–H and O–H groups in total. The van der Waals surface area contributed by atoms with Crippen LogP contribution in [0.5, 0.6) is 0 Å². The molecule has 2 rings (SSSR count). The van der Waals surface area contributed by atoms with E-state index in [1.165, 1.54) is 12.1 Å². The molecule has 1 saturated heterocycles. The van der Waals surface area contributed by atoms with Gasteiger partial charge in [0.25, 0.3) is 0 Å². The Morgan fingerprint density at radius 2 is 2.06 bits per heavy atom. The lowest BCUT2D eigenvalue weighted by Crippen LogP contribution is -2.14. The van der Waals surface area contributed by atoms with E-state index in [4.69, 9.17) is 5.11 Å². The second kappa shape index (κ2) is 4.70. The Balaban J connectivity index is 2.22. The van der Waals surface area contributed by atoms with Gasteiger partial charge in [0, 0.05) is 17.2 Å². The average Bonchev–Trinajstić information content (AvgIpc) is 2.81. The molecular weight excluding hydrogens is 224 g/mol. The number of rotatable bonds is 3. The van der Waals surface area contributed by atoms with E-state index in [9.17, 15) is 9.59 Å². The second-order valence-electron chi connectivity index (χ2n) is 3.81. The quantitative estimate of drug-likeness (QED) is 0.818. The molecule has 3 nitrogen and oxygen atoms in total. The normalized spacial score (nSPS) is 19.6. The minimum atomic E-state index is -0.990. The number of thioether (sulfide) groups is 1. The maximum Gasteiger partial charge on any atom is 0.335 e. The molecule has 0 aliphatic carbocycles. The molecule has 0 bridgehead atoms. The van der Waals surface area contributed by atoms with Crippen molar-refractivity contribution in [2.45, 2.75) is 6.42 Å². The van der Waals surface area contributed by atoms with Crippen LogP contribution in [0.3, 0.4) is 0 Å². The molecule has 1 aliphatic rings. The van der Waals surface area contributed by atoms with Crippen LogP contribution < -0.4 is 0 Å². The zero-order valence-electron chi connectivity index (χ0n) is 8.68. The van der Waals surface area contributed by atoms with Gasteiger partial charge in [-0.05, 0) is 24.3 Å². The van der Waals surface area contributed by atoms with Gasteiger partial charge in [-0.15, -0.1) is 0 Å². The number of carbonyl (C=O) groups is 2. The molecule has 0 saturated carbocycles. The molecule has 0 spiro atoms. The highest BCUT2D eigenvalue weighted by Gasteiger charge is 2.24. The molecule has 0 amide bonds. The topological polar surface area (TPSA) is 54.4 Å². The number of hydrogen-bond acceptors (Lipinski definition) is 3. The van der Waals surface area contributed by atoms with Crippen molar-refractivity contribution in [1.82, 2.24) is 0 Å². The summed E-state index contributed by atoms with van der Waals surface area (Å²) < 4.78 is 0. The Morgan fingerprint density at radius 3 is 2.69 bits per heavy atom. The van der Waals surface area contributed by atoms with Gasteiger partial charge in [-0.25, -0.2) is 4.79 Å². The van der Waals surface area contributed by atoms with E-state index in [2.05, 4.69) is 0 Å². The highest BCUT2D eigenvalue weighted by Crippen LogP contribution is 2.26. The van der Waals surface area contributed by atoms with Crippen molar-refractivity contribution >= 4 is 23.5 Å². The molecule has 1 aromatic rings. The smallest absolute Gasteiger partial charge is 0.335 e. The van der Waals surface area contributed by atoms with E-state index in [0.29, 0.717) is 5.56 Å². The summed E-state index contributed by atoms with van der Waals surface area (Å²) in [6.07, 6.45) is 0.904. The van der Waals surface area contributed by atoms with Crippen LogP contribution in [0, 0.1) is 5.92 Å². The van der Waals surface area contributed by atoms with E-state index in [1.54, 1.807) is 23.9 Å². The van der Waals surface area contributed by atoms with Crippen LogP contribution >= 0.6 is 11.8 Å². The van der Waals surface area contributed by atoms with Crippen molar-refractivity contribution in [3.63, 3.8) is 0 Å². The molecule has 1 fully saturated rings. The van der Waals surface area contributed by atoms with E-state index in [1.807, 2.05) is 0 Å². The average molecular weight is 236 g/mol. The third kappa shape index (κ3) is 2.27. The van der Waals surface area contributed by atoms with Gasteiger partial charge in [-0.3, -0.25) is 4.79 Å². The van der Waals surface area contributed by atoms with Gasteiger partial charge in [-0.1, -0.05) is 12.1 Å². The molecule has 84 valence electrons. The Morgan fingerprint density at radius 1 is 1.31 bits per heavy atom. The molecule has 1 atom stereocenters. The minimum absolute atomic E-state index is 0.0639. The maximum absolute atomic E-state index is 12.0. The lowest BCUT2D eigenvalue weighted by molar-refractivity contribution is 0.0697. The van der Waals surface area contributed by atoms with Gasteiger partial charge < -0.3 is 5.11 Å². The number of ketones is 1. The van der Waals surface area contributed by atoms with E-state index in [0.717, 1.165) is 17.9 Å². The summed E-state index contributed by atoms with van der Waals surface area (Å²) in [5.41, 5.74) is 0.698. The Labute approximate surface area is 97.9 Å². The Bertz CT molecular complexity index is 422. The fourth-order valence-electron chi connectivity index (χ4n) is 1.78. The molecular formula is C12H12O3S. The largest absolute Gasteiger partial charge is 0.478 e. The van der Waals surface area contributed by atoms with Gasteiger partial charge in [0.2, 0.25) is 0 Å². The third-order valence-corrected chi connectivity index (χ3v) is 3.86. The SMILES string of the molecule is O=C(O)c1cccc(C(=O)C2CCSC2)c1. The van der Waals surface area contributed by atoms with Crippen LogP contribution in [0.4, 0.5) is 0 Å². The van der Waals surface area contributed by atoms with Crippen molar-refractivity contribution in [3.8, 4) is 0 Å². The zero-order valence-corrected chi connectivity index (χ0v) is 9.50. The van der Waals surface area contributed by atoms with Gasteiger partial charge in [0.1, 0.15) is 0 Å². The predicted molar refractivity (Wildman–Crippen MR) is 63.2 cm³/mol. The van der Waals surface area contributed by atoms with Crippen LogP contribution in [-0.4, -0.2) is 28.4 Å². The fourth-order valence-corrected chi connectivity index (χ4v) is 3.00. The predicted octanol–water partition coefficient (Wildman–Crippen LogP) is 2.32. The summed E-state index contributed by atoms with van der Waals surface area (Å²) in [4.78, 5) is 22.8. The maximum atomic E-state index is 12.0. The fraction of sp³-hybridized carbons (Fsp3) is 0.333. The molecule has 1 unspecified atom stereocenters. The summed E-state index contributed by atoms with van der Waals surface area (Å²) in [6.45, 7) is 0. The number of Topliss-reactive ketones (excluding diaryl/α,β-unsaturated/α-hetero) is 1. The molecule has 1 heterocycles. The lowest BCUT2D eigenvalue weighted by atomic mass is 9.96. The van der Waals surface area contributed by atoms with E-state index in [-0.39, 0.29) is 17.3 Å². The van der Waals surface area contributed by atoms with Crippen molar-refractivity contribution in [2.24, 2.45) is 5.92 Å². The standard InChI is InChI=1S/C12H12O3S/c13-11(10-4-5-16-7-10)8-2-1-3-9(6-8)12(14)15/h1-3,6,10H,4-5,7H2,(H,14,15). The first-order valence-corrected chi connectivity index (χ1v) is 6.29. The number of carbonyl (C=O) groups excluding carboxylic acids is 1. The summed E-state index contributed by atoms with van der Waals surface area (Å²) in [6, 6.07) is 6.28. The third-order valence-electron chi connectivity index (χ3n) is 2.69. The number of carboxylic acid groups (broad SMARTS) is 1. The summed E-state index contributed by atoms with van der Waals surface area (Å²) in [5.74, 6) is 1.03.